The molecule has 0 heterocycles. The van der Waals surface area contributed by atoms with Crippen molar-refractivity contribution in [3.05, 3.63) is 35.9 Å². The summed E-state index contributed by atoms with van der Waals surface area (Å²) in [5.41, 5.74) is 22.5. The summed E-state index contributed by atoms with van der Waals surface area (Å²) in [4.78, 5) is 14.4. The molecule has 1 unspecified atom stereocenters. The van der Waals surface area contributed by atoms with Gasteiger partial charge in [0.05, 0.1) is 0 Å². The van der Waals surface area contributed by atoms with Crippen molar-refractivity contribution < 1.29 is 9.90 Å². The van der Waals surface area contributed by atoms with Crippen molar-refractivity contribution in [2.24, 2.45) is 27.9 Å². The molecule has 2 atom stereocenters. The number of unbranched alkanes of at least 4 members (excludes halogenated alkanes) is 1. The molecule has 0 aromatic heterocycles. The van der Waals surface area contributed by atoms with Gasteiger partial charge in [0, 0.05) is 12.6 Å². The number of carboxylic acid groups (broad SMARTS) is 1. The van der Waals surface area contributed by atoms with Crippen LogP contribution in [-0.2, 0) is 11.2 Å². The second-order valence-corrected chi connectivity index (χ2v) is 5.39. The van der Waals surface area contributed by atoms with E-state index in [2.05, 4.69) is 22.2 Å². The van der Waals surface area contributed by atoms with Crippen LogP contribution >= 0.6 is 12.4 Å². The lowest BCUT2D eigenvalue weighted by Gasteiger charge is -2.04. The van der Waals surface area contributed by atoms with E-state index in [0.717, 1.165) is 12.8 Å². The first-order valence-electron chi connectivity index (χ1n) is 8.05. The Morgan fingerprint density at radius 3 is 2.38 bits per heavy atom. The number of nitrogens with two attached hydrogens (primary N) is 4. The third-order valence-electron chi connectivity index (χ3n) is 2.92. The van der Waals surface area contributed by atoms with E-state index in [4.69, 9.17) is 24.4 Å². The predicted molar refractivity (Wildman–Crippen MR) is 101 cm³/mol. The lowest BCUT2D eigenvalue weighted by atomic mass is 10.1. The number of hydrogen-bond acceptors (Lipinski definition) is 5. The van der Waals surface area contributed by atoms with Crippen LogP contribution in [0.3, 0.4) is 0 Å². The van der Waals surface area contributed by atoms with E-state index in [1.807, 2.05) is 25.1 Å². The van der Waals surface area contributed by atoms with Crippen molar-refractivity contribution >= 4 is 24.3 Å². The van der Waals surface area contributed by atoms with Gasteiger partial charge < -0.3 is 28.0 Å². The summed E-state index contributed by atoms with van der Waals surface area (Å²) in [5, 5.41) is 3.73. The van der Waals surface area contributed by atoms with E-state index >= 15 is 0 Å². The summed E-state index contributed by atoms with van der Waals surface area (Å²) in [6.45, 7) is 2.54. The number of aliphatic imine (C=N–C) groups is 1. The van der Waals surface area contributed by atoms with Crippen LogP contribution < -0.4 is 22.9 Å². The third kappa shape index (κ3) is 15.1. The molecular formula is C16H30ClN5O2. The molecule has 8 heteroatoms. The Kier molecular flexibility index (Phi) is 13.6. The number of hydrogen-bond donors (Lipinski definition) is 5. The molecule has 0 radical (unpaired) electrons. The molecule has 0 saturated carbocycles. The van der Waals surface area contributed by atoms with Crippen LogP contribution in [-0.4, -0.2) is 35.7 Å². The number of nitrogens with zero attached hydrogens (tertiary/aromatic N) is 1. The molecule has 1 rings (SSSR count). The quantitative estimate of drug-likeness (QED) is 0.263. The van der Waals surface area contributed by atoms with Crippen LogP contribution in [0, 0.1) is 0 Å². The van der Waals surface area contributed by atoms with Crippen molar-refractivity contribution in [1.29, 1.82) is 1.43 Å². The van der Waals surface area contributed by atoms with Gasteiger partial charge in [-0.3, -0.25) is 9.79 Å². The highest BCUT2D eigenvalue weighted by molar-refractivity contribution is 5.85. The van der Waals surface area contributed by atoms with E-state index in [9.17, 15) is 4.79 Å². The second-order valence-electron chi connectivity index (χ2n) is 5.39. The molecule has 0 amide bonds. The molecule has 24 heavy (non-hydrogen) atoms. The van der Waals surface area contributed by atoms with E-state index < -0.39 is 12.0 Å². The zero-order valence-corrected chi connectivity index (χ0v) is 14.9. The van der Waals surface area contributed by atoms with Gasteiger partial charge in [0.2, 0.25) is 0 Å². The van der Waals surface area contributed by atoms with Gasteiger partial charge in [0.1, 0.15) is 6.04 Å². The molecule has 0 aliphatic heterocycles. The molecule has 0 spiro atoms. The summed E-state index contributed by atoms with van der Waals surface area (Å²) in [6, 6.07) is 9.83. The Morgan fingerprint density at radius 2 is 1.88 bits per heavy atom. The Hall–Kier alpha value is -1.83. The van der Waals surface area contributed by atoms with Crippen LogP contribution in [0.25, 0.3) is 1.43 Å². The van der Waals surface area contributed by atoms with Gasteiger partial charge >= 0.3 is 5.97 Å². The smallest absolute Gasteiger partial charge is 0.320 e. The average Bonchev–Trinajstić information content (AvgIpc) is 2.54. The SMILES string of the molecule is CC(N)Cc1ccccc1.Cl.[2H]OC(=O)[C@@H](N)CCCCN=C(N)N. The van der Waals surface area contributed by atoms with Gasteiger partial charge in [0.15, 0.2) is 5.96 Å². The van der Waals surface area contributed by atoms with Gasteiger partial charge in [-0.25, -0.2) is 0 Å². The van der Waals surface area contributed by atoms with Gasteiger partial charge in [-0.05, 0) is 38.2 Å². The fourth-order valence-electron chi connectivity index (χ4n) is 1.79. The van der Waals surface area contributed by atoms with E-state index in [1.165, 1.54) is 5.56 Å². The standard InChI is InChI=1S/C9H13N.C7H16N4O2.ClH/c1-8(10)7-9-5-3-2-4-6-9;8-5(6(12)13)3-1-2-4-11-7(9)10;/h2-6,8H,7,10H2,1H3;5H,1-4,8H2,(H,12,13)(H4,9,10,11);1H/t;5-;/m.0./s1/i/hD. The lowest BCUT2D eigenvalue weighted by Crippen LogP contribution is -2.29. The number of guanidine groups is 1. The third-order valence-corrected chi connectivity index (χ3v) is 2.92. The van der Waals surface area contributed by atoms with E-state index in [1.54, 1.807) is 0 Å². The second kappa shape index (κ2) is 14.7. The molecule has 0 aliphatic carbocycles. The minimum atomic E-state index is -0.730. The van der Waals surface area contributed by atoms with Crippen molar-refractivity contribution in [1.82, 2.24) is 0 Å². The molecule has 138 valence electrons. The predicted octanol–water partition coefficient (Wildman–Crippen LogP) is 0.840. The monoisotopic (exact) mass is 360 g/mol. The summed E-state index contributed by atoms with van der Waals surface area (Å²) < 4.78 is 6.33. The molecule has 0 saturated heterocycles. The Balaban J connectivity index is 0. The first kappa shape index (κ1) is 22.2. The maximum absolute atomic E-state index is 10.7. The molecule has 7 nitrogen and oxygen atoms in total. The highest BCUT2D eigenvalue weighted by Crippen LogP contribution is 2.00. The molecule has 1 aromatic carbocycles. The van der Waals surface area contributed by atoms with Gasteiger partial charge in [-0.15, -0.1) is 12.4 Å². The Labute approximate surface area is 151 Å². The molecular weight excluding hydrogens is 330 g/mol. The first-order chi connectivity index (χ1) is 11.4. The van der Waals surface area contributed by atoms with E-state index in [-0.39, 0.29) is 24.4 Å². The largest absolute Gasteiger partial charge is 0.480 e. The molecule has 0 bridgehead atoms. The molecule has 0 aliphatic rings. The van der Waals surface area contributed by atoms with Gasteiger partial charge in [-0.1, -0.05) is 30.3 Å². The van der Waals surface area contributed by atoms with Crippen LogP contribution in [0.15, 0.2) is 35.3 Å². The Bertz CT molecular complexity index is 485. The first-order valence-corrected chi connectivity index (χ1v) is 7.64. The molecule has 9 N–H and O–H groups in total. The summed E-state index contributed by atoms with van der Waals surface area (Å²) in [5.74, 6) is -0.660. The maximum Gasteiger partial charge on any atom is 0.320 e. The highest BCUT2D eigenvalue weighted by atomic mass is 35.5. The minimum Gasteiger partial charge on any atom is -0.480 e. The van der Waals surface area contributed by atoms with Gasteiger partial charge in [-0.2, -0.15) is 0 Å². The topological polar surface area (TPSA) is 154 Å². The van der Waals surface area contributed by atoms with Crippen molar-refractivity contribution in [2.45, 2.75) is 44.7 Å². The lowest BCUT2D eigenvalue weighted by molar-refractivity contribution is -0.138. The fourth-order valence-corrected chi connectivity index (χ4v) is 1.79. The van der Waals surface area contributed by atoms with Crippen molar-refractivity contribution in [3.8, 4) is 0 Å². The van der Waals surface area contributed by atoms with Crippen LogP contribution in [0.5, 0.6) is 0 Å². The summed E-state index contributed by atoms with van der Waals surface area (Å²) in [7, 11) is 0. The minimum absolute atomic E-state index is 0. The number of carboxylic acids is 1. The van der Waals surface area contributed by atoms with Gasteiger partial charge in [0.25, 0.3) is 1.43 Å². The summed E-state index contributed by atoms with van der Waals surface area (Å²) >= 11 is 0. The van der Waals surface area contributed by atoms with Crippen LogP contribution in [0.1, 0.15) is 31.7 Å². The molecule has 0 fully saturated rings. The molecule has 1 aromatic rings. The summed E-state index contributed by atoms with van der Waals surface area (Å²) in [6.07, 6.45) is 2.91. The number of rotatable bonds is 8. The fraction of sp³-hybridized carbons (Fsp3) is 0.500. The van der Waals surface area contributed by atoms with Crippen LogP contribution in [0.4, 0.5) is 0 Å². The van der Waals surface area contributed by atoms with Crippen molar-refractivity contribution in [2.75, 3.05) is 6.54 Å². The zero-order chi connectivity index (χ0) is 18.4. The Morgan fingerprint density at radius 1 is 1.25 bits per heavy atom. The maximum atomic E-state index is 10.7. The zero-order valence-electron chi connectivity index (χ0n) is 15.1. The van der Waals surface area contributed by atoms with Crippen molar-refractivity contribution in [3.63, 3.8) is 0 Å². The number of benzene rings is 1. The number of aliphatic carboxylic acids is 1. The number of halogens is 1. The number of carbonyl (C=O) groups is 1. The normalized spacial score (nSPS) is 12.4. The van der Waals surface area contributed by atoms with Crippen LogP contribution in [0.2, 0.25) is 0 Å². The van der Waals surface area contributed by atoms with E-state index in [0.29, 0.717) is 19.4 Å². The highest BCUT2D eigenvalue weighted by Gasteiger charge is 2.09. The average molecular weight is 361 g/mol.